The van der Waals surface area contributed by atoms with Crippen LogP contribution in [0.15, 0.2) is 36.5 Å². The van der Waals surface area contributed by atoms with Crippen molar-refractivity contribution in [3.8, 4) is 0 Å². The number of carbonyl (C=O) groups excluding carboxylic acids is 1. The SMILES string of the molecule is COC(=O)c1cccc(Nc2ccnc(N3CCCCC3)n2)c1. The molecule has 1 aromatic heterocycles. The normalized spacial score (nSPS) is 14.4. The average Bonchev–Trinajstić information content (AvgIpc) is 2.62. The first kappa shape index (κ1) is 15.3. The summed E-state index contributed by atoms with van der Waals surface area (Å²) in [6.07, 6.45) is 5.39. The summed E-state index contributed by atoms with van der Waals surface area (Å²) in [6, 6.07) is 8.97. The van der Waals surface area contributed by atoms with Crippen LogP contribution in [-0.4, -0.2) is 36.1 Å². The van der Waals surface area contributed by atoms with Crippen molar-refractivity contribution in [2.45, 2.75) is 19.3 Å². The van der Waals surface area contributed by atoms with Crippen molar-refractivity contribution < 1.29 is 9.53 Å². The molecule has 2 aromatic rings. The number of esters is 1. The third kappa shape index (κ3) is 3.77. The number of aromatic nitrogens is 2. The van der Waals surface area contributed by atoms with Crippen molar-refractivity contribution >= 4 is 23.4 Å². The summed E-state index contributed by atoms with van der Waals surface area (Å²) < 4.78 is 4.74. The number of carbonyl (C=O) groups is 1. The predicted molar refractivity (Wildman–Crippen MR) is 89.2 cm³/mol. The Bertz CT molecular complexity index is 684. The molecule has 6 heteroatoms. The molecule has 3 rings (SSSR count). The molecule has 1 aliphatic heterocycles. The molecule has 2 heterocycles. The third-order valence-electron chi connectivity index (χ3n) is 3.84. The molecule has 0 atom stereocenters. The van der Waals surface area contributed by atoms with E-state index in [0.29, 0.717) is 11.4 Å². The summed E-state index contributed by atoms with van der Waals surface area (Å²) in [7, 11) is 1.37. The van der Waals surface area contributed by atoms with E-state index in [4.69, 9.17) is 4.74 Å². The maximum absolute atomic E-state index is 11.6. The van der Waals surface area contributed by atoms with Crippen LogP contribution in [0.1, 0.15) is 29.6 Å². The van der Waals surface area contributed by atoms with Gasteiger partial charge in [-0.25, -0.2) is 9.78 Å². The molecule has 0 aliphatic carbocycles. The van der Waals surface area contributed by atoms with Crippen molar-refractivity contribution in [3.63, 3.8) is 0 Å². The number of anilines is 3. The van der Waals surface area contributed by atoms with Crippen molar-refractivity contribution in [2.24, 2.45) is 0 Å². The standard InChI is InChI=1S/C17H20N4O2/c1-23-16(22)13-6-5-7-14(12-13)19-15-8-9-18-17(20-15)21-10-3-2-4-11-21/h5-9,12H,2-4,10-11H2,1H3,(H,18,19,20). The van der Waals surface area contributed by atoms with E-state index >= 15 is 0 Å². The van der Waals surface area contributed by atoms with Gasteiger partial charge in [0, 0.05) is 25.0 Å². The minimum absolute atomic E-state index is 0.356. The van der Waals surface area contributed by atoms with E-state index in [1.54, 1.807) is 24.4 Å². The van der Waals surface area contributed by atoms with E-state index in [9.17, 15) is 4.79 Å². The van der Waals surface area contributed by atoms with Gasteiger partial charge < -0.3 is 15.0 Å². The number of methoxy groups -OCH3 is 1. The lowest BCUT2D eigenvalue weighted by Gasteiger charge is -2.26. The Morgan fingerprint density at radius 3 is 2.83 bits per heavy atom. The molecule has 1 N–H and O–H groups in total. The number of hydrogen-bond acceptors (Lipinski definition) is 6. The molecule has 6 nitrogen and oxygen atoms in total. The Morgan fingerprint density at radius 2 is 2.04 bits per heavy atom. The van der Waals surface area contributed by atoms with Crippen LogP contribution in [0.3, 0.4) is 0 Å². The molecular weight excluding hydrogens is 292 g/mol. The number of hydrogen-bond donors (Lipinski definition) is 1. The number of rotatable bonds is 4. The molecule has 0 saturated carbocycles. The van der Waals surface area contributed by atoms with Gasteiger partial charge in [0.1, 0.15) is 5.82 Å². The predicted octanol–water partition coefficient (Wildman–Crippen LogP) is 3.00. The smallest absolute Gasteiger partial charge is 0.337 e. The zero-order valence-corrected chi connectivity index (χ0v) is 13.2. The van der Waals surface area contributed by atoms with Crippen LogP contribution in [-0.2, 0) is 4.74 Å². The van der Waals surface area contributed by atoms with Gasteiger partial charge in [-0.15, -0.1) is 0 Å². The van der Waals surface area contributed by atoms with E-state index in [1.165, 1.54) is 26.4 Å². The van der Waals surface area contributed by atoms with Gasteiger partial charge in [-0.1, -0.05) is 6.07 Å². The molecule has 0 unspecified atom stereocenters. The van der Waals surface area contributed by atoms with E-state index in [1.807, 2.05) is 12.1 Å². The fourth-order valence-electron chi connectivity index (χ4n) is 2.65. The molecule has 1 saturated heterocycles. The quantitative estimate of drug-likeness (QED) is 0.875. The van der Waals surface area contributed by atoms with Crippen LogP contribution < -0.4 is 10.2 Å². The Balaban J connectivity index is 1.76. The second kappa shape index (κ2) is 7.09. The summed E-state index contributed by atoms with van der Waals surface area (Å²) in [5, 5.41) is 3.22. The summed E-state index contributed by atoms with van der Waals surface area (Å²) in [5.41, 5.74) is 1.29. The van der Waals surface area contributed by atoms with Crippen molar-refractivity contribution in [1.82, 2.24) is 9.97 Å². The van der Waals surface area contributed by atoms with Gasteiger partial charge in [0.25, 0.3) is 0 Å². The van der Waals surface area contributed by atoms with Crippen molar-refractivity contribution in [3.05, 3.63) is 42.1 Å². The first-order chi connectivity index (χ1) is 11.3. The van der Waals surface area contributed by atoms with Gasteiger partial charge in [0.15, 0.2) is 0 Å². The molecule has 0 spiro atoms. The van der Waals surface area contributed by atoms with Gasteiger partial charge in [-0.3, -0.25) is 0 Å². The van der Waals surface area contributed by atoms with Crippen molar-refractivity contribution in [2.75, 3.05) is 30.4 Å². The molecule has 0 radical (unpaired) electrons. The molecule has 0 amide bonds. The highest BCUT2D eigenvalue weighted by molar-refractivity contribution is 5.90. The number of ether oxygens (including phenoxy) is 1. The summed E-state index contributed by atoms with van der Waals surface area (Å²) in [5.74, 6) is 1.10. The highest BCUT2D eigenvalue weighted by atomic mass is 16.5. The van der Waals surface area contributed by atoms with Gasteiger partial charge in [-0.05, 0) is 43.5 Å². The van der Waals surface area contributed by atoms with Crippen LogP contribution >= 0.6 is 0 Å². The number of nitrogens with one attached hydrogen (secondary N) is 1. The third-order valence-corrected chi connectivity index (χ3v) is 3.84. The van der Waals surface area contributed by atoms with Crippen LogP contribution in [0.2, 0.25) is 0 Å². The zero-order valence-electron chi connectivity index (χ0n) is 13.2. The summed E-state index contributed by atoms with van der Waals surface area (Å²) in [4.78, 5) is 22.7. The first-order valence-electron chi connectivity index (χ1n) is 7.79. The van der Waals surface area contributed by atoms with E-state index in [-0.39, 0.29) is 5.97 Å². The molecule has 1 aliphatic rings. The Hall–Kier alpha value is -2.63. The van der Waals surface area contributed by atoms with Gasteiger partial charge >= 0.3 is 5.97 Å². The summed E-state index contributed by atoms with van der Waals surface area (Å²) in [6.45, 7) is 2.00. The molecular formula is C17H20N4O2. The number of piperidine rings is 1. The van der Waals surface area contributed by atoms with Gasteiger partial charge in [0.05, 0.1) is 12.7 Å². The second-order valence-electron chi connectivity index (χ2n) is 5.49. The topological polar surface area (TPSA) is 67.3 Å². The van der Waals surface area contributed by atoms with Gasteiger partial charge in [-0.2, -0.15) is 4.98 Å². The molecule has 1 aromatic carbocycles. The monoisotopic (exact) mass is 312 g/mol. The fourth-order valence-corrected chi connectivity index (χ4v) is 2.65. The molecule has 23 heavy (non-hydrogen) atoms. The van der Waals surface area contributed by atoms with Crippen LogP contribution in [0.25, 0.3) is 0 Å². The minimum atomic E-state index is -0.356. The highest BCUT2D eigenvalue weighted by Gasteiger charge is 2.13. The largest absolute Gasteiger partial charge is 0.465 e. The fraction of sp³-hybridized carbons (Fsp3) is 0.353. The first-order valence-corrected chi connectivity index (χ1v) is 7.79. The lowest BCUT2D eigenvalue weighted by atomic mass is 10.1. The minimum Gasteiger partial charge on any atom is -0.465 e. The lowest BCUT2D eigenvalue weighted by molar-refractivity contribution is 0.0601. The maximum atomic E-state index is 11.6. The van der Waals surface area contributed by atoms with E-state index in [0.717, 1.165) is 24.7 Å². The van der Waals surface area contributed by atoms with Crippen LogP contribution in [0.5, 0.6) is 0 Å². The van der Waals surface area contributed by atoms with Crippen LogP contribution in [0.4, 0.5) is 17.5 Å². The van der Waals surface area contributed by atoms with Crippen molar-refractivity contribution in [1.29, 1.82) is 0 Å². The van der Waals surface area contributed by atoms with E-state index in [2.05, 4.69) is 20.2 Å². The Morgan fingerprint density at radius 1 is 1.22 bits per heavy atom. The Labute approximate surface area is 135 Å². The molecule has 120 valence electrons. The highest BCUT2D eigenvalue weighted by Crippen LogP contribution is 2.20. The summed E-state index contributed by atoms with van der Waals surface area (Å²) >= 11 is 0. The zero-order chi connectivity index (χ0) is 16.1. The average molecular weight is 312 g/mol. The maximum Gasteiger partial charge on any atom is 0.337 e. The second-order valence-corrected chi connectivity index (χ2v) is 5.49. The van der Waals surface area contributed by atoms with Gasteiger partial charge in [0.2, 0.25) is 5.95 Å². The van der Waals surface area contributed by atoms with E-state index < -0.39 is 0 Å². The number of nitrogens with zero attached hydrogens (tertiary/aromatic N) is 3. The Kier molecular flexibility index (Phi) is 4.71. The number of benzene rings is 1. The molecule has 1 fully saturated rings. The molecule has 0 bridgehead atoms. The van der Waals surface area contributed by atoms with Crippen LogP contribution in [0, 0.1) is 0 Å². The lowest BCUT2D eigenvalue weighted by Crippen LogP contribution is -2.31.